The van der Waals surface area contributed by atoms with Crippen LogP contribution < -0.4 is 0 Å². The van der Waals surface area contributed by atoms with Crippen LogP contribution in [0.25, 0.3) is 0 Å². The van der Waals surface area contributed by atoms with Gasteiger partial charge in [0.25, 0.3) is 5.91 Å². The molecule has 1 aromatic rings. The largest absolute Gasteiger partial charge is 0.291 e. The Hall–Kier alpha value is -1.83. The molecule has 0 fully saturated rings. The molecule has 0 N–H and O–H groups in total. The van der Waals surface area contributed by atoms with Gasteiger partial charge in [-0.05, 0) is 32.9 Å². The molecule has 2 nitrogen and oxygen atoms in total. The lowest BCUT2D eigenvalue weighted by atomic mass is 10.1. The Kier molecular flexibility index (Phi) is 4.52. The Bertz CT molecular complexity index is 389. The summed E-state index contributed by atoms with van der Waals surface area (Å²) in [5, 5.41) is 0. The van der Waals surface area contributed by atoms with Gasteiger partial charge in [-0.1, -0.05) is 29.8 Å². The van der Waals surface area contributed by atoms with Gasteiger partial charge in [-0.25, -0.2) is 0 Å². The molecule has 0 atom stereocenters. The summed E-state index contributed by atoms with van der Waals surface area (Å²) >= 11 is 0. The molecule has 0 saturated heterocycles. The highest BCUT2D eigenvalue weighted by Crippen LogP contribution is 2.08. The molecular formula is C14H17NO. The molecule has 0 unspecified atom stereocenters. The fourth-order valence-electron chi connectivity index (χ4n) is 1.35. The molecule has 2 heteroatoms. The summed E-state index contributed by atoms with van der Waals surface area (Å²) in [7, 11) is 0. The SMILES string of the molecule is C/C=C/N(/C=C/C)C(=O)c1ccc(C)cc1. The van der Waals surface area contributed by atoms with Crippen LogP contribution in [0.5, 0.6) is 0 Å². The maximum atomic E-state index is 12.1. The van der Waals surface area contributed by atoms with E-state index in [4.69, 9.17) is 0 Å². The number of rotatable bonds is 3. The number of hydrogen-bond acceptors (Lipinski definition) is 1. The van der Waals surface area contributed by atoms with Gasteiger partial charge in [0.2, 0.25) is 0 Å². The number of aryl methyl sites for hydroxylation is 1. The van der Waals surface area contributed by atoms with Crippen molar-refractivity contribution in [2.75, 3.05) is 0 Å². The van der Waals surface area contributed by atoms with Crippen molar-refractivity contribution in [3.8, 4) is 0 Å². The van der Waals surface area contributed by atoms with E-state index >= 15 is 0 Å². The van der Waals surface area contributed by atoms with Crippen molar-refractivity contribution in [1.29, 1.82) is 0 Å². The zero-order valence-corrected chi connectivity index (χ0v) is 9.97. The lowest BCUT2D eigenvalue weighted by molar-refractivity contribution is 0.0869. The van der Waals surface area contributed by atoms with E-state index in [0.717, 1.165) is 5.56 Å². The zero-order chi connectivity index (χ0) is 12.0. The predicted octanol–water partition coefficient (Wildman–Crippen LogP) is 3.50. The smallest absolute Gasteiger partial charge is 0.261 e. The summed E-state index contributed by atoms with van der Waals surface area (Å²) in [6.07, 6.45) is 7.18. The summed E-state index contributed by atoms with van der Waals surface area (Å²) < 4.78 is 0. The molecule has 84 valence electrons. The maximum absolute atomic E-state index is 12.1. The standard InChI is InChI=1S/C14H17NO/c1-4-10-15(11-5-2)14(16)13-8-6-12(3)7-9-13/h4-11H,1-3H3/b10-4+,11-5+. The minimum Gasteiger partial charge on any atom is -0.291 e. The summed E-state index contributed by atoms with van der Waals surface area (Å²) in [6.45, 7) is 5.78. The average molecular weight is 215 g/mol. The monoisotopic (exact) mass is 215 g/mol. The third-order valence-corrected chi connectivity index (χ3v) is 2.15. The molecule has 0 saturated carbocycles. The number of nitrogens with zero attached hydrogens (tertiary/aromatic N) is 1. The fraction of sp³-hybridized carbons (Fsp3) is 0.214. The molecule has 0 heterocycles. The summed E-state index contributed by atoms with van der Waals surface area (Å²) in [6, 6.07) is 7.57. The number of benzene rings is 1. The molecule has 1 aromatic carbocycles. The number of carbonyl (C=O) groups is 1. The quantitative estimate of drug-likeness (QED) is 0.755. The maximum Gasteiger partial charge on any atom is 0.261 e. The molecule has 1 rings (SSSR count). The molecule has 0 aromatic heterocycles. The fourth-order valence-corrected chi connectivity index (χ4v) is 1.35. The molecule has 1 amide bonds. The minimum atomic E-state index is -0.0174. The van der Waals surface area contributed by atoms with Crippen molar-refractivity contribution in [3.05, 3.63) is 59.9 Å². The topological polar surface area (TPSA) is 20.3 Å². The Morgan fingerprint density at radius 2 is 1.56 bits per heavy atom. The van der Waals surface area contributed by atoms with Crippen LogP contribution >= 0.6 is 0 Å². The second-order valence-corrected chi connectivity index (χ2v) is 3.54. The lowest BCUT2D eigenvalue weighted by Gasteiger charge is -2.13. The molecule has 16 heavy (non-hydrogen) atoms. The molecular weight excluding hydrogens is 198 g/mol. The van der Waals surface area contributed by atoms with Crippen LogP contribution in [0.4, 0.5) is 0 Å². The van der Waals surface area contributed by atoms with Crippen LogP contribution in [0.2, 0.25) is 0 Å². The second-order valence-electron chi connectivity index (χ2n) is 3.54. The number of carbonyl (C=O) groups excluding carboxylic acids is 1. The number of allylic oxidation sites excluding steroid dienone is 2. The normalized spacial score (nSPS) is 11.2. The second kappa shape index (κ2) is 5.91. The first-order valence-electron chi connectivity index (χ1n) is 5.34. The molecule has 0 spiro atoms. The zero-order valence-electron chi connectivity index (χ0n) is 9.97. The van der Waals surface area contributed by atoms with Gasteiger partial charge in [0, 0.05) is 18.0 Å². The Morgan fingerprint density at radius 3 is 2.00 bits per heavy atom. The first kappa shape index (κ1) is 12.2. The van der Waals surface area contributed by atoms with Crippen molar-refractivity contribution in [2.24, 2.45) is 0 Å². The summed E-state index contributed by atoms with van der Waals surface area (Å²) in [5.41, 5.74) is 1.85. The van der Waals surface area contributed by atoms with Crippen molar-refractivity contribution in [3.63, 3.8) is 0 Å². The van der Waals surface area contributed by atoms with Crippen molar-refractivity contribution >= 4 is 5.91 Å². The van der Waals surface area contributed by atoms with Crippen LogP contribution in [0.15, 0.2) is 48.8 Å². The van der Waals surface area contributed by atoms with Gasteiger partial charge >= 0.3 is 0 Å². The first-order chi connectivity index (χ1) is 7.69. The first-order valence-corrected chi connectivity index (χ1v) is 5.34. The van der Waals surface area contributed by atoms with Gasteiger partial charge in [-0.2, -0.15) is 0 Å². The highest BCUT2D eigenvalue weighted by atomic mass is 16.2. The van der Waals surface area contributed by atoms with Gasteiger partial charge in [-0.15, -0.1) is 0 Å². The molecule has 0 aliphatic heterocycles. The van der Waals surface area contributed by atoms with Crippen LogP contribution in [0, 0.1) is 6.92 Å². The van der Waals surface area contributed by atoms with Gasteiger partial charge in [0.05, 0.1) is 0 Å². The molecule has 0 aliphatic carbocycles. The average Bonchev–Trinajstić information content (AvgIpc) is 2.29. The van der Waals surface area contributed by atoms with Gasteiger partial charge in [-0.3, -0.25) is 9.69 Å². The van der Waals surface area contributed by atoms with Crippen LogP contribution in [-0.4, -0.2) is 10.8 Å². The van der Waals surface area contributed by atoms with Crippen molar-refractivity contribution < 1.29 is 4.79 Å². The van der Waals surface area contributed by atoms with E-state index in [2.05, 4.69) is 0 Å². The van der Waals surface area contributed by atoms with Crippen LogP contribution in [0.1, 0.15) is 29.8 Å². The molecule has 0 bridgehead atoms. The highest BCUT2D eigenvalue weighted by Gasteiger charge is 2.09. The highest BCUT2D eigenvalue weighted by molar-refractivity contribution is 5.95. The van der Waals surface area contributed by atoms with E-state index in [1.807, 2.05) is 57.2 Å². The van der Waals surface area contributed by atoms with Gasteiger partial charge in [0.1, 0.15) is 0 Å². The minimum absolute atomic E-state index is 0.0174. The third-order valence-electron chi connectivity index (χ3n) is 2.15. The Labute approximate surface area is 96.9 Å². The Morgan fingerprint density at radius 1 is 1.06 bits per heavy atom. The number of amides is 1. The van der Waals surface area contributed by atoms with Crippen LogP contribution in [0.3, 0.4) is 0 Å². The molecule has 0 aliphatic rings. The predicted molar refractivity (Wildman–Crippen MR) is 67.0 cm³/mol. The van der Waals surface area contributed by atoms with Gasteiger partial charge in [0.15, 0.2) is 0 Å². The Balaban J connectivity index is 2.94. The van der Waals surface area contributed by atoms with Gasteiger partial charge < -0.3 is 0 Å². The summed E-state index contributed by atoms with van der Waals surface area (Å²) in [4.78, 5) is 13.6. The van der Waals surface area contributed by atoms with Crippen molar-refractivity contribution in [2.45, 2.75) is 20.8 Å². The van der Waals surface area contributed by atoms with Crippen molar-refractivity contribution in [1.82, 2.24) is 4.90 Å². The van der Waals surface area contributed by atoms with E-state index in [-0.39, 0.29) is 5.91 Å². The molecule has 0 radical (unpaired) electrons. The lowest BCUT2D eigenvalue weighted by Crippen LogP contribution is -2.19. The van der Waals surface area contributed by atoms with E-state index < -0.39 is 0 Å². The third kappa shape index (κ3) is 3.09. The van der Waals surface area contributed by atoms with Crippen LogP contribution in [-0.2, 0) is 0 Å². The van der Waals surface area contributed by atoms with E-state index in [9.17, 15) is 4.79 Å². The van der Waals surface area contributed by atoms with E-state index in [1.54, 1.807) is 17.3 Å². The van der Waals surface area contributed by atoms with E-state index in [1.165, 1.54) is 0 Å². The number of hydrogen-bond donors (Lipinski definition) is 0. The summed E-state index contributed by atoms with van der Waals surface area (Å²) in [5.74, 6) is -0.0174. The van der Waals surface area contributed by atoms with E-state index in [0.29, 0.717) is 5.56 Å².